The predicted octanol–water partition coefficient (Wildman–Crippen LogP) is 10.3. The lowest BCUT2D eigenvalue weighted by Crippen LogP contribution is -2.45. The molecule has 50 heavy (non-hydrogen) atoms. The molecule has 0 rings (SSSR count). The monoisotopic (exact) mass is 729 g/mol. The van der Waals surface area contributed by atoms with Crippen molar-refractivity contribution >= 4 is 13.7 Å². The number of aliphatic hydroxyl groups is 1. The van der Waals surface area contributed by atoms with E-state index in [9.17, 15) is 19.4 Å². The summed E-state index contributed by atoms with van der Waals surface area (Å²) >= 11 is 0. The molecular weight excluding hydrogens is 647 g/mol. The Kier molecular flexibility index (Phi) is 33.1. The van der Waals surface area contributed by atoms with E-state index in [1.807, 2.05) is 27.2 Å². The number of aliphatic hydroxyl groups excluding tert-OH is 1. The van der Waals surface area contributed by atoms with E-state index in [0.29, 0.717) is 17.4 Å². The average Bonchev–Trinajstić information content (AvgIpc) is 3.06. The van der Waals surface area contributed by atoms with Gasteiger partial charge in [0, 0.05) is 6.42 Å². The molecule has 0 aliphatic rings. The molecule has 0 saturated carbocycles. The summed E-state index contributed by atoms with van der Waals surface area (Å²) in [7, 11) is 1.25. The molecule has 0 bridgehead atoms. The first-order chi connectivity index (χ1) is 24.0. The number of carbonyl (C=O) groups excluding carboxylic acids is 1. The first-order valence-corrected chi connectivity index (χ1v) is 22.2. The van der Waals surface area contributed by atoms with Crippen molar-refractivity contribution in [2.24, 2.45) is 0 Å². The van der Waals surface area contributed by atoms with E-state index in [2.05, 4.69) is 31.3 Å². The molecule has 3 atom stereocenters. The number of phosphoric acid groups is 1. The second-order valence-electron chi connectivity index (χ2n) is 15.3. The van der Waals surface area contributed by atoms with Crippen LogP contribution in [0.4, 0.5) is 0 Å². The fourth-order valence-corrected chi connectivity index (χ4v) is 6.52. The lowest BCUT2D eigenvalue weighted by molar-refractivity contribution is -0.870. The molecule has 296 valence electrons. The Balaban J connectivity index is 4.50. The van der Waals surface area contributed by atoms with Gasteiger partial charge in [-0.15, -0.1) is 0 Å². The molecule has 2 N–H and O–H groups in total. The lowest BCUT2D eigenvalue weighted by Gasteiger charge is -2.29. The SMILES string of the molecule is CCCCCCCCC=CCCCCCCCC(=O)N[C@@H](COP(=O)([O-])OCC[N+](C)(C)C)[C@H](O)/C=C/CCCCCCCCCCCCC. The van der Waals surface area contributed by atoms with Crippen LogP contribution in [0.1, 0.15) is 181 Å². The first-order valence-electron chi connectivity index (χ1n) is 20.7. The van der Waals surface area contributed by atoms with Crippen LogP contribution in [-0.4, -0.2) is 68.5 Å². The van der Waals surface area contributed by atoms with Crippen molar-refractivity contribution in [1.29, 1.82) is 0 Å². The Bertz CT molecular complexity index is 876. The topological polar surface area (TPSA) is 108 Å². The van der Waals surface area contributed by atoms with Crippen molar-refractivity contribution < 1.29 is 32.9 Å². The molecule has 0 radical (unpaired) electrons. The van der Waals surface area contributed by atoms with Crippen LogP contribution < -0.4 is 10.2 Å². The zero-order valence-corrected chi connectivity index (χ0v) is 34.2. The summed E-state index contributed by atoms with van der Waals surface area (Å²) in [6.45, 7) is 4.62. The second kappa shape index (κ2) is 33.8. The number of amides is 1. The van der Waals surface area contributed by atoms with Gasteiger partial charge in [-0.05, 0) is 44.9 Å². The van der Waals surface area contributed by atoms with Crippen molar-refractivity contribution in [2.75, 3.05) is 40.9 Å². The fraction of sp³-hybridized carbons (Fsp3) is 0.878. The van der Waals surface area contributed by atoms with E-state index in [4.69, 9.17) is 9.05 Å². The van der Waals surface area contributed by atoms with Gasteiger partial charge in [-0.25, -0.2) is 0 Å². The van der Waals surface area contributed by atoms with Gasteiger partial charge in [0.05, 0.1) is 39.9 Å². The Morgan fingerprint density at radius 1 is 0.680 bits per heavy atom. The van der Waals surface area contributed by atoms with Gasteiger partial charge in [0.1, 0.15) is 13.2 Å². The van der Waals surface area contributed by atoms with Crippen molar-refractivity contribution in [3.8, 4) is 0 Å². The van der Waals surface area contributed by atoms with Crippen molar-refractivity contribution in [3.63, 3.8) is 0 Å². The number of nitrogens with zero attached hydrogens (tertiary/aromatic N) is 1. The quantitative estimate of drug-likeness (QED) is 0.0285. The van der Waals surface area contributed by atoms with Crippen LogP contribution in [0.3, 0.4) is 0 Å². The smallest absolute Gasteiger partial charge is 0.268 e. The molecular formula is C41H81N2O6P. The van der Waals surface area contributed by atoms with Gasteiger partial charge in [-0.3, -0.25) is 9.36 Å². The lowest BCUT2D eigenvalue weighted by atomic mass is 10.0. The number of allylic oxidation sites excluding steroid dienone is 3. The van der Waals surface area contributed by atoms with E-state index >= 15 is 0 Å². The summed E-state index contributed by atoms with van der Waals surface area (Å²) in [5, 5.41) is 13.7. The molecule has 1 amide bonds. The summed E-state index contributed by atoms with van der Waals surface area (Å²) in [5.74, 6) is -0.208. The maximum absolute atomic E-state index is 12.8. The minimum atomic E-state index is -4.58. The highest BCUT2D eigenvalue weighted by molar-refractivity contribution is 7.45. The molecule has 0 heterocycles. The Morgan fingerprint density at radius 3 is 1.56 bits per heavy atom. The molecule has 0 spiro atoms. The van der Waals surface area contributed by atoms with E-state index in [1.165, 1.54) is 109 Å². The van der Waals surface area contributed by atoms with Crippen LogP contribution >= 0.6 is 7.82 Å². The van der Waals surface area contributed by atoms with Crippen molar-refractivity contribution in [1.82, 2.24) is 5.32 Å². The van der Waals surface area contributed by atoms with Crippen LogP contribution in [-0.2, 0) is 18.4 Å². The molecule has 8 nitrogen and oxygen atoms in total. The molecule has 0 aromatic rings. The number of nitrogens with one attached hydrogen (secondary N) is 1. The van der Waals surface area contributed by atoms with Gasteiger partial charge < -0.3 is 28.8 Å². The maximum atomic E-state index is 12.8. The van der Waals surface area contributed by atoms with Gasteiger partial charge in [0.25, 0.3) is 7.82 Å². The molecule has 9 heteroatoms. The van der Waals surface area contributed by atoms with Crippen LogP contribution in [0.15, 0.2) is 24.3 Å². The standard InChI is InChI=1S/C41H81N2O6P/c1-6-8-10-12-14-16-18-20-21-23-25-27-29-31-33-35-41(45)42-39(38-49-50(46,47)48-37-36-43(3,4)5)40(44)34-32-30-28-26-24-22-19-17-15-13-11-9-7-2/h20-21,32,34,39-40,44H,6-19,22-31,33,35-38H2,1-5H3,(H-,42,45,46,47)/b21-20?,34-32+/t39-,40+/m0/s1. The minimum Gasteiger partial charge on any atom is -0.756 e. The molecule has 0 aromatic heterocycles. The Hall–Kier alpha value is -1.02. The summed E-state index contributed by atoms with van der Waals surface area (Å²) in [6.07, 6.45) is 37.8. The maximum Gasteiger partial charge on any atom is 0.268 e. The highest BCUT2D eigenvalue weighted by atomic mass is 31.2. The van der Waals surface area contributed by atoms with Crippen molar-refractivity contribution in [2.45, 2.75) is 193 Å². The van der Waals surface area contributed by atoms with Gasteiger partial charge in [0.15, 0.2) is 0 Å². The Morgan fingerprint density at radius 2 is 1.10 bits per heavy atom. The number of hydrogen-bond donors (Lipinski definition) is 2. The minimum absolute atomic E-state index is 0.00179. The van der Waals surface area contributed by atoms with Crippen LogP contribution in [0.2, 0.25) is 0 Å². The summed E-state index contributed by atoms with van der Waals surface area (Å²) < 4.78 is 23.1. The molecule has 0 aromatic carbocycles. The first kappa shape index (κ1) is 49.0. The number of unbranched alkanes of at least 4 members (excludes halogenated alkanes) is 22. The van der Waals surface area contributed by atoms with E-state index in [-0.39, 0.29) is 19.1 Å². The van der Waals surface area contributed by atoms with Crippen LogP contribution in [0, 0.1) is 0 Å². The average molecular weight is 729 g/mol. The molecule has 0 fully saturated rings. The van der Waals surface area contributed by atoms with Crippen LogP contribution in [0.5, 0.6) is 0 Å². The second-order valence-corrected chi connectivity index (χ2v) is 16.8. The number of hydrogen-bond acceptors (Lipinski definition) is 6. The van der Waals surface area contributed by atoms with Gasteiger partial charge in [0.2, 0.25) is 5.91 Å². The van der Waals surface area contributed by atoms with Crippen molar-refractivity contribution in [3.05, 3.63) is 24.3 Å². The van der Waals surface area contributed by atoms with Gasteiger partial charge in [-0.1, -0.05) is 154 Å². The zero-order valence-electron chi connectivity index (χ0n) is 33.4. The molecule has 0 saturated heterocycles. The largest absolute Gasteiger partial charge is 0.756 e. The number of phosphoric ester groups is 1. The van der Waals surface area contributed by atoms with Crippen LogP contribution in [0.25, 0.3) is 0 Å². The fourth-order valence-electron chi connectivity index (χ4n) is 5.79. The third kappa shape index (κ3) is 35.4. The summed E-state index contributed by atoms with van der Waals surface area (Å²) in [5.41, 5.74) is 0. The number of quaternary nitrogens is 1. The van der Waals surface area contributed by atoms with E-state index < -0.39 is 20.0 Å². The molecule has 0 aliphatic carbocycles. The van der Waals surface area contributed by atoms with Gasteiger partial charge >= 0.3 is 0 Å². The number of rotatable bonds is 37. The molecule has 1 unspecified atom stereocenters. The summed E-state index contributed by atoms with van der Waals surface area (Å²) in [6, 6.07) is -0.886. The summed E-state index contributed by atoms with van der Waals surface area (Å²) in [4.78, 5) is 25.2. The Labute approximate surface area is 309 Å². The molecule has 0 aliphatic heterocycles. The van der Waals surface area contributed by atoms with E-state index in [0.717, 1.165) is 51.4 Å². The van der Waals surface area contributed by atoms with Gasteiger partial charge in [-0.2, -0.15) is 0 Å². The zero-order chi connectivity index (χ0) is 37.2. The van der Waals surface area contributed by atoms with E-state index in [1.54, 1.807) is 6.08 Å². The highest BCUT2D eigenvalue weighted by Crippen LogP contribution is 2.38. The number of carbonyl (C=O) groups is 1. The highest BCUT2D eigenvalue weighted by Gasteiger charge is 2.23. The predicted molar refractivity (Wildman–Crippen MR) is 210 cm³/mol. The number of likely N-dealkylation sites (N-methyl/N-ethyl adjacent to an activating group) is 1. The third-order valence-electron chi connectivity index (χ3n) is 9.16. The normalized spacial score (nSPS) is 14.8. The third-order valence-corrected chi connectivity index (χ3v) is 10.1.